The summed E-state index contributed by atoms with van der Waals surface area (Å²) in [5.74, 6) is -0.120. The van der Waals surface area contributed by atoms with Crippen LogP contribution in [0.3, 0.4) is 0 Å². The van der Waals surface area contributed by atoms with Gasteiger partial charge >= 0.3 is 6.03 Å². The van der Waals surface area contributed by atoms with E-state index in [1.54, 1.807) is 43.0 Å². The molecule has 1 aliphatic rings. The number of nitrogens with one attached hydrogen (secondary N) is 2. The lowest BCUT2D eigenvalue weighted by molar-refractivity contribution is -0.133. The van der Waals surface area contributed by atoms with Gasteiger partial charge in [-0.2, -0.15) is 0 Å². The monoisotopic (exact) mass is 445 g/mol. The lowest BCUT2D eigenvalue weighted by Crippen LogP contribution is -2.42. The van der Waals surface area contributed by atoms with Gasteiger partial charge in [0.1, 0.15) is 12.1 Å². The third kappa shape index (κ3) is 4.53. The minimum atomic E-state index is -1.19. The standard InChI is InChI=1S/C25H23N3O3S/c1-25(19-12-6-3-7-13-19)23(30)28(24(31)27-25)16-22(29)26-20-14-8-9-15-21(20)32-17-18-10-4-2-5-11-18/h2-15H,16-17H2,1H3,(H,26,29)(H,27,31). The second-order valence-electron chi connectivity index (χ2n) is 7.63. The van der Waals surface area contributed by atoms with Crippen LogP contribution >= 0.6 is 11.8 Å². The van der Waals surface area contributed by atoms with E-state index in [1.807, 2.05) is 48.5 Å². The summed E-state index contributed by atoms with van der Waals surface area (Å²) in [6.07, 6.45) is 0. The van der Waals surface area contributed by atoms with E-state index in [0.29, 0.717) is 11.3 Å². The highest BCUT2D eigenvalue weighted by Crippen LogP contribution is 2.31. The van der Waals surface area contributed by atoms with Gasteiger partial charge < -0.3 is 10.6 Å². The van der Waals surface area contributed by atoms with Crippen molar-refractivity contribution in [3.8, 4) is 0 Å². The molecule has 1 heterocycles. The third-order valence-electron chi connectivity index (χ3n) is 5.33. The van der Waals surface area contributed by atoms with Gasteiger partial charge in [0.05, 0.1) is 5.69 Å². The molecule has 0 saturated carbocycles. The Hall–Kier alpha value is -3.58. The molecule has 0 aromatic heterocycles. The number of urea groups is 1. The molecule has 1 fully saturated rings. The number of para-hydroxylation sites is 1. The van der Waals surface area contributed by atoms with Crippen molar-refractivity contribution in [2.24, 2.45) is 0 Å². The van der Waals surface area contributed by atoms with Gasteiger partial charge in [0.2, 0.25) is 5.91 Å². The maximum atomic E-state index is 13.0. The summed E-state index contributed by atoms with van der Waals surface area (Å²) < 4.78 is 0. The molecule has 162 valence electrons. The average molecular weight is 446 g/mol. The van der Waals surface area contributed by atoms with Crippen molar-refractivity contribution in [1.82, 2.24) is 10.2 Å². The van der Waals surface area contributed by atoms with Crippen LogP contribution in [0.4, 0.5) is 10.5 Å². The first kappa shape index (κ1) is 21.6. The Labute approximate surface area is 191 Å². The molecule has 32 heavy (non-hydrogen) atoms. The zero-order chi connectivity index (χ0) is 22.6. The highest BCUT2D eigenvalue weighted by molar-refractivity contribution is 7.98. The molecule has 3 aromatic carbocycles. The van der Waals surface area contributed by atoms with Gasteiger partial charge in [0.25, 0.3) is 5.91 Å². The van der Waals surface area contributed by atoms with Gasteiger partial charge in [-0.3, -0.25) is 14.5 Å². The molecule has 0 radical (unpaired) electrons. The Morgan fingerprint density at radius 1 is 0.938 bits per heavy atom. The number of rotatable bonds is 7. The quantitative estimate of drug-likeness (QED) is 0.418. The van der Waals surface area contributed by atoms with Crippen LogP contribution in [0.2, 0.25) is 0 Å². The summed E-state index contributed by atoms with van der Waals surface area (Å²) in [5, 5.41) is 5.57. The number of thioether (sulfide) groups is 1. The van der Waals surface area contributed by atoms with Crippen LogP contribution in [-0.4, -0.2) is 29.3 Å². The van der Waals surface area contributed by atoms with Crippen molar-refractivity contribution in [1.29, 1.82) is 0 Å². The van der Waals surface area contributed by atoms with E-state index in [0.717, 1.165) is 15.5 Å². The van der Waals surface area contributed by atoms with E-state index in [9.17, 15) is 14.4 Å². The maximum Gasteiger partial charge on any atom is 0.325 e. The summed E-state index contributed by atoms with van der Waals surface area (Å²) in [6, 6.07) is 26.0. The van der Waals surface area contributed by atoms with Crippen molar-refractivity contribution >= 4 is 35.3 Å². The number of anilines is 1. The Morgan fingerprint density at radius 3 is 2.28 bits per heavy atom. The Kier molecular flexibility index (Phi) is 6.28. The van der Waals surface area contributed by atoms with E-state index < -0.39 is 23.4 Å². The molecular formula is C25H23N3O3S. The topological polar surface area (TPSA) is 78.5 Å². The van der Waals surface area contributed by atoms with Crippen LogP contribution < -0.4 is 10.6 Å². The highest BCUT2D eigenvalue weighted by Gasteiger charge is 2.49. The number of carbonyl (C=O) groups is 3. The van der Waals surface area contributed by atoms with E-state index in [-0.39, 0.29) is 6.54 Å². The van der Waals surface area contributed by atoms with Crippen molar-refractivity contribution in [2.45, 2.75) is 23.1 Å². The maximum absolute atomic E-state index is 13.0. The number of amides is 4. The van der Waals surface area contributed by atoms with E-state index in [2.05, 4.69) is 22.8 Å². The molecule has 3 aromatic rings. The number of imide groups is 1. The van der Waals surface area contributed by atoms with Crippen molar-refractivity contribution < 1.29 is 14.4 Å². The minimum absolute atomic E-state index is 0.356. The fourth-order valence-electron chi connectivity index (χ4n) is 3.57. The fourth-order valence-corrected chi connectivity index (χ4v) is 4.54. The molecule has 2 N–H and O–H groups in total. The lowest BCUT2D eigenvalue weighted by atomic mass is 9.92. The fraction of sp³-hybridized carbons (Fsp3) is 0.160. The molecule has 0 spiro atoms. The molecule has 4 amide bonds. The number of carbonyl (C=O) groups excluding carboxylic acids is 3. The summed E-state index contributed by atoms with van der Waals surface area (Å²) in [7, 11) is 0. The molecular weight excluding hydrogens is 422 g/mol. The van der Waals surface area contributed by atoms with Gasteiger partial charge in [-0.05, 0) is 30.2 Å². The number of benzene rings is 3. The van der Waals surface area contributed by atoms with Crippen LogP contribution in [0.25, 0.3) is 0 Å². The summed E-state index contributed by atoms with van der Waals surface area (Å²) in [5.41, 5.74) is 1.31. The molecule has 1 atom stereocenters. The highest BCUT2D eigenvalue weighted by atomic mass is 32.2. The molecule has 6 nitrogen and oxygen atoms in total. The summed E-state index contributed by atoms with van der Waals surface area (Å²) >= 11 is 1.61. The second kappa shape index (κ2) is 9.28. The Balaban J connectivity index is 1.43. The molecule has 1 saturated heterocycles. The SMILES string of the molecule is CC1(c2ccccc2)NC(=O)N(CC(=O)Nc2ccccc2SCc2ccccc2)C1=O. The first-order chi connectivity index (χ1) is 15.5. The van der Waals surface area contributed by atoms with Gasteiger partial charge in [0, 0.05) is 10.6 Å². The largest absolute Gasteiger partial charge is 0.325 e. The minimum Gasteiger partial charge on any atom is -0.324 e. The van der Waals surface area contributed by atoms with Gasteiger partial charge in [-0.1, -0.05) is 72.8 Å². The van der Waals surface area contributed by atoms with Gasteiger partial charge in [0.15, 0.2) is 0 Å². The molecule has 7 heteroatoms. The smallest absolute Gasteiger partial charge is 0.324 e. The van der Waals surface area contributed by atoms with Crippen LogP contribution in [0.1, 0.15) is 18.1 Å². The number of nitrogens with zero attached hydrogens (tertiary/aromatic N) is 1. The van der Waals surface area contributed by atoms with E-state index >= 15 is 0 Å². The molecule has 0 bridgehead atoms. The molecule has 4 rings (SSSR count). The van der Waals surface area contributed by atoms with Crippen LogP contribution in [0, 0.1) is 0 Å². The predicted octanol–water partition coefficient (Wildman–Crippen LogP) is 4.38. The van der Waals surface area contributed by atoms with Gasteiger partial charge in [-0.15, -0.1) is 11.8 Å². The van der Waals surface area contributed by atoms with Crippen molar-refractivity contribution in [2.75, 3.05) is 11.9 Å². The Bertz CT molecular complexity index is 1140. The Morgan fingerprint density at radius 2 is 1.56 bits per heavy atom. The average Bonchev–Trinajstić information content (AvgIpc) is 3.03. The first-order valence-corrected chi connectivity index (χ1v) is 11.2. The summed E-state index contributed by atoms with van der Waals surface area (Å²) in [6.45, 7) is 1.29. The number of hydrogen-bond donors (Lipinski definition) is 2. The van der Waals surface area contributed by atoms with E-state index in [1.165, 1.54) is 5.56 Å². The normalized spacial score (nSPS) is 17.8. The van der Waals surface area contributed by atoms with Crippen molar-refractivity contribution in [3.05, 3.63) is 96.1 Å². The summed E-state index contributed by atoms with van der Waals surface area (Å²) in [4.78, 5) is 40.1. The van der Waals surface area contributed by atoms with Crippen LogP contribution in [0.5, 0.6) is 0 Å². The molecule has 1 aliphatic heterocycles. The lowest BCUT2D eigenvalue weighted by Gasteiger charge is -2.22. The first-order valence-electron chi connectivity index (χ1n) is 10.2. The number of hydrogen-bond acceptors (Lipinski definition) is 4. The third-order valence-corrected chi connectivity index (χ3v) is 6.47. The van der Waals surface area contributed by atoms with Crippen LogP contribution in [-0.2, 0) is 20.9 Å². The van der Waals surface area contributed by atoms with Crippen molar-refractivity contribution in [3.63, 3.8) is 0 Å². The zero-order valence-corrected chi connectivity index (χ0v) is 18.4. The zero-order valence-electron chi connectivity index (χ0n) is 17.6. The van der Waals surface area contributed by atoms with Crippen LogP contribution in [0.15, 0.2) is 89.8 Å². The second-order valence-corrected chi connectivity index (χ2v) is 8.65. The molecule has 1 unspecified atom stereocenters. The van der Waals surface area contributed by atoms with E-state index in [4.69, 9.17) is 0 Å². The molecule has 0 aliphatic carbocycles. The van der Waals surface area contributed by atoms with Gasteiger partial charge in [-0.25, -0.2) is 4.79 Å². The predicted molar refractivity (Wildman–Crippen MR) is 125 cm³/mol.